The Morgan fingerprint density at radius 3 is 2.12 bits per heavy atom. The number of carbonyl (C=O) groups excluding carboxylic acids is 2. The molecule has 4 heteroatoms. The standard InChI is InChI=1S/C13H18N2O2/c1-9(15(3)4)13(17)14-12-7-5-11(6-8-12)10(2)16/h5-9H,1-4H3,(H,14,17)/t9-/m0/s1. The van der Waals surface area contributed by atoms with Crippen molar-refractivity contribution in [2.45, 2.75) is 19.9 Å². The van der Waals surface area contributed by atoms with Crippen molar-refractivity contribution in [1.29, 1.82) is 0 Å². The molecule has 17 heavy (non-hydrogen) atoms. The third-order valence-corrected chi connectivity index (χ3v) is 2.71. The highest BCUT2D eigenvalue weighted by atomic mass is 16.2. The molecule has 0 bridgehead atoms. The topological polar surface area (TPSA) is 49.4 Å². The lowest BCUT2D eigenvalue weighted by molar-refractivity contribution is -0.119. The molecule has 0 saturated carbocycles. The van der Waals surface area contributed by atoms with Crippen LogP contribution in [0.5, 0.6) is 0 Å². The third kappa shape index (κ3) is 3.67. The lowest BCUT2D eigenvalue weighted by Gasteiger charge is -2.18. The predicted molar refractivity (Wildman–Crippen MR) is 68.2 cm³/mol. The zero-order valence-corrected chi connectivity index (χ0v) is 10.7. The van der Waals surface area contributed by atoms with E-state index in [2.05, 4.69) is 5.32 Å². The number of carbonyl (C=O) groups is 2. The predicted octanol–water partition coefficient (Wildman–Crippen LogP) is 1.78. The number of hydrogen-bond donors (Lipinski definition) is 1. The minimum Gasteiger partial charge on any atom is -0.325 e. The molecule has 0 saturated heterocycles. The van der Waals surface area contributed by atoms with Gasteiger partial charge in [-0.1, -0.05) is 0 Å². The second-order valence-corrected chi connectivity index (χ2v) is 4.26. The largest absolute Gasteiger partial charge is 0.325 e. The minimum atomic E-state index is -0.192. The summed E-state index contributed by atoms with van der Waals surface area (Å²) < 4.78 is 0. The van der Waals surface area contributed by atoms with Crippen LogP contribution >= 0.6 is 0 Å². The molecule has 0 aliphatic rings. The fourth-order valence-corrected chi connectivity index (χ4v) is 1.27. The molecule has 4 nitrogen and oxygen atoms in total. The maximum atomic E-state index is 11.8. The zero-order chi connectivity index (χ0) is 13.0. The van der Waals surface area contributed by atoms with Crippen LogP contribution in [0.3, 0.4) is 0 Å². The molecule has 0 spiro atoms. The molecule has 0 radical (unpaired) electrons. The van der Waals surface area contributed by atoms with E-state index in [9.17, 15) is 9.59 Å². The Labute approximate surface area is 102 Å². The van der Waals surface area contributed by atoms with Crippen molar-refractivity contribution < 1.29 is 9.59 Å². The van der Waals surface area contributed by atoms with Crippen molar-refractivity contribution in [3.05, 3.63) is 29.8 Å². The molecule has 1 atom stereocenters. The van der Waals surface area contributed by atoms with E-state index < -0.39 is 0 Å². The Kier molecular flexibility index (Phi) is 4.40. The van der Waals surface area contributed by atoms with Crippen molar-refractivity contribution in [2.24, 2.45) is 0 Å². The summed E-state index contributed by atoms with van der Waals surface area (Å²) in [6.07, 6.45) is 0. The van der Waals surface area contributed by atoms with Crippen LogP contribution in [0.25, 0.3) is 0 Å². The first-order valence-electron chi connectivity index (χ1n) is 5.50. The summed E-state index contributed by atoms with van der Waals surface area (Å²) in [4.78, 5) is 24.7. The molecule has 0 aromatic heterocycles. The number of likely N-dealkylation sites (N-methyl/N-ethyl adjacent to an activating group) is 1. The van der Waals surface area contributed by atoms with Gasteiger partial charge in [0.2, 0.25) is 5.91 Å². The van der Waals surface area contributed by atoms with Gasteiger partial charge in [0, 0.05) is 11.3 Å². The summed E-state index contributed by atoms with van der Waals surface area (Å²) in [6.45, 7) is 3.35. The first-order valence-corrected chi connectivity index (χ1v) is 5.50. The van der Waals surface area contributed by atoms with Crippen LogP contribution in [0.2, 0.25) is 0 Å². The maximum Gasteiger partial charge on any atom is 0.241 e. The molecular weight excluding hydrogens is 216 g/mol. The molecule has 1 rings (SSSR count). The Bertz CT molecular complexity index is 410. The lowest BCUT2D eigenvalue weighted by atomic mass is 10.1. The molecule has 0 aliphatic heterocycles. The van der Waals surface area contributed by atoms with Crippen LogP contribution in [-0.4, -0.2) is 36.7 Å². The summed E-state index contributed by atoms with van der Waals surface area (Å²) in [5.74, 6) is -0.0462. The van der Waals surface area contributed by atoms with Gasteiger partial charge in [-0.2, -0.15) is 0 Å². The van der Waals surface area contributed by atoms with Crippen LogP contribution in [-0.2, 0) is 4.79 Å². The van der Waals surface area contributed by atoms with Gasteiger partial charge in [0.1, 0.15) is 0 Å². The molecule has 1 aromatic rings. The van der Waals surface area contributed by atoms with E-state index in [0.29, 0.717) is 11.3 Å². The number of hydrogen-bond acceptors (Lipinski definition) is 3. The van der Waals surface area contributed by atoms with Crippen molar-refractivity contribution in [2.75, 3.05) is 19.4 Å². The van der Waals surface area contributed by atoms with E-state index in [1.165, 1.54) is 6.92 Å². The van der Waals surface area contributed by atoms with Crippen LogP contribution in [0.1, 0.15) is 24.2 Å². The van der Waals surface area contributed by atoms with Crippen molar-refractivity contribution in [3.63, 3.8) is 0 Å². The number of anilines is 1. The van der Waals surface area contributed by atoms with Crippen LogP contribution in [0.4, 0.5) is 5.69 Å². The van der Waals surface area contributed by atoms with Crippen molar-refractivity contribution in [1.82, 2.24) is 4.90 Å². The molecule has 1 N–H and O–H groups in total. The lowest BCUT2D eigenvalue weighted by Crippen LogP contribution is -2.37. The van der Waals surface area contributed by atoms with Crippen molar-refractivity contribution in [3.8, 4) is 0 Å². The molecular formula is C13H18N2O2. The third-order valence-electron chi connectivity index (χ3n) is 2.71. The fraction of sp³-hybridized carbons (Fsp3) is 0.385. The number of nitrogens with zero attached hydrogens (tertiary/aromatic N) is 1. The minimum absolute atomic E-state index is 0.0181. The summed E-state index contributed by atoms with van der Waals surface area (Å²) in [5, 5.41) is 2.80. The molecule has 0 fully saturated rings. The Hall–Kier alpha value is -1.68. The SMILES string of the molecule is CC(=O)c1ccc(NC(=O)[C@H](C)N(C)C)cc1. The van der Waals surface area contributed by atoms with Crippen LogP contribution in [0, 0.1) is 0 Å². The van der Waals surface area contributed by atoms with Gasteiger partial charge in [0.25, 0.3) is 0 Å². The Balaban J connectivity index is 2.70. The highest BCUT2D eigenvalue weighted by molar-refractivity contribution is 5.96. The molecule has 0 heterocycles. The van der Waals surface area contributed by atoms with Gasteiger partial charge in [0.15, 0.2) is 5.78 Å². The van der Waals surface area contributed by atoms with Gasteiger partial charge in [-0.05, 0) is 52.2 Å². The summed E-state index contributed by atoms with van der Waals surface area (Å²) in [5.41, 5.74) is 1.34. The highest BCUT2D eigenvalue weighted by Crippen LogP contribution is 2.10. The molecule has 1 amide bonds. The van der Waals surface area contributed by atoms with E-state index in [1.54, 1.807) is 24.3 Å². The summed E-state index contributed by atoms with van der Waals surface area (Å²) >= 11 is 0. The molecule has 0 unspecified atom stereocenters. The highest BCUT2D eigenvalue weighted by Gasteiger charge is 2.14. The first kappa shape index (κ1) is 13.4. The van der Waals surface area contributed by atoms with Gasteiger partial charge in [-0.15, -0.1) is 0 Å². The average Bonchev–Trinajstić information content (AvgIpc) is 2.28. The quantitative estimate of drug-likeness (QED) is 0.808. The van der Waals surface area contributed by atoms with Crippen molar-refractivity contribution >= 4 is 17.4 Å². The molecule has 92 valence electrons. The molecule has 1 aromatic carbocycles. The first-order chi connectivity index (χ1) is 7.91. The Morgan fingerprint density at radius 2 is 1.71 bits per heavy atom. The second-order valence-electron chi connectivity index (χ2n) is 4.26. The van der Waals surface area contributed by atoms with Gasteiger partial charge in [-0.3, -0.25) is 14.5 Å². The number of amides is 1. The fourth-order valence-electron chi connectivity index (χ4n) is 1.27. The van der Waals surface area contributed by atoms with E-state index >= 15 is 0 Å². The van der Waals surface area contributed by atoms with Gasteiger partial charge >= 0.3 is 0 Å². The second kappa shape index (κ2) is 5.59. The molecule has 0 aliphatic carbocycles. The summed E-state index contributed by atoms with van der Waals surface area (Å²) in [6, 6.07) is 6.69. The van der Waals surface area contributed by atoms with E-state index in [0.717, 1.165) is 0 Å². The maximum absolute atomic E-state index is 11.8. The Morgan fingerprint density at radius 1 is 1.18 bits per heavy atom. The van der Waals surface area contributed by atoms with Crippen LogP contribution in [0.15, 0.2) is 24.3 Å². The van der Waals surface area contributed by atoms with Crippen LogP contribution < -0.4 is 5.32 Å². The number of ketones is 1. The van der Waals surface area contributed by atoms with Gasteiger partial charge in [-0.25, -0.2) is 0 Å². The average molecular weight is 234 g/mol. The van der Waals surface area contributed by atoms with E-state index in [1.807, 2.05) is 25.9 Å². The zero-order valence-electron chi connectivity index (χ0n) is 10.7. The normalized spacial score (nSPS) is 12.3. The van der Waals surface area contributed by atoms with Gasteiger partial charge < -0.3 is 5.32 Å². The van der Waals surface area contributed by atoms with E-state index in [-0.39, 0.29) is 17.7 Å². The van der Waals surface area contributed by atoms with E-state index in [4.69, 9.17) is 0 Å². The number of nitrogens with one attached hydrogen (secondary N) is 1. The smallest absolute Gasteiger partial charge is 0.241 e. The number of Topliss-reactive ketones (excluding diaryl/α,β-unsaturated/α-hetero) is 1. The summed E-state index contributed by atoms with van der Waals surface area (Å²) in [7, 11) is 3.70. The number of rotatable bonds is 4. The van der Waals surface area contributed by atoms with Gasteiger partial charge in [0.05, 0.1) is 6.04 Å². The number of benzene rings is 1. The monoisotopic (exact) mass is 234 g/mol.